The van der Waals surface area contributed by atoms with Crippen molar-refractivity contribution in [2.45, 2.75) is 32.9 Å². The molecule has 1 fully saturated rings. The Balaban J connectivity index is 1.50. The minimum atomic E-state index is -0.502. The molecule has 1 aliphatic rings. The van der Waals surface area contributed by atoms with Gasteiger partial charge < -0.3 is 19.9 Å². The topological polar surface area (TPSA) is 92.4 Å². The van der Waals surface area contributed by atoms with Crippen molar-refractivity contribution in [3.63, 3.8) is 0 Å². The standard InChI is InChI=1S/C22H25FN8O/c1-12-8-30(9-13(2)24-12)18-6-5-16(19-20(18)28-29(4)27-19)22(32)26-15-7-17(23)21-25-14(3)10-31(21)11-15/h5-7,10-13,24H,8-9H2,1-4H3,(H,26,32)/t12-,13-/m0/s1. The monoisotopic (exact) mass is 436 g/mol. The third-order valence-electron chi connectivity index (χ3n) is 5.65. The molecule has 1 aliphatic heterocycles. The maximum atomic E-state index is 14.4. The van der Waals surface area contributed by atoms with Crippen LogP contribution in [0.2, 0.25) is 0 Å². The second kappa shape index (κ2) is 7.56. The SMILES string of the molecule is Cc1cn2cc(NC(=O)c3ccc(N4C[C@H](C)N[C@@H](C)C4)c4nn(C)nc34)cc(F)c2n1. The molecule has 32 heavy (non-hydrogen) atoms. The van der Waals surface area contributed by atoms with Gasteiger partial charge in [0.25, 0.3) is 5.91 Å². The number of hydrogen-bond acceptors (Lipinski definition) is 6. The Hall–Kier alpha value is -3.53. The Kier molecular flexibility index (Phi) is 4.81. The molecule has 0 spiro atoms. The van der Waals surface area contributed by atoms with Gasteiger partial charge in [0.2, 0.25) is 0 Å². The number of piperazine rings is 1. The number of fused-ring (bicyclic) bond motifs is 2. The summed E-state index contributed by atoms with van der Waals surface area (Å²) in [6.45, 7) is 7.76. The van der Waals surface area contributed by atoms with Crippen LogP contribution in [0, 0.1) is 12.7 Å². The number of hydrogen-bond donors (Lipinski definition) is 2. The summed E-state index contributed by atoms with van der Waals surface area (Å²) in [5.74, 6) is -0.877. The molecule has 1 saturated heterocycles. The first-order valence-electron chi connectivity index (χ1n) is 10.6. The second-order valence-electron chi connectivity index (χ2n) is 8.54. The lowest BCUT2D eigenvalue weighted by molar-refractivity contribution is 0.102. The smallest absolute Gasteiger partial charge is 0.258 e. The molecule has 4 aromatic rings. The fourth-order valence-corrected chi connectivity index (χ4v) is 4.49. The summed E-state index contributed by atoms with van der Waals surface area (Å²) in [6, 6.07) is 5.62. The van der Waals surface area contributed by atoms with E-state index in [0.717, 1.165) is 18.8 Å². The summed E-state index contributed by atoms with van der Waals surface area (Å²) in [4.78, 5) is 21.0. The molecule has 2 atom stereocenters. The fraction of sp³-hybridized carbons (Fsp3) is 0.364. The minimum Gasteiger partial charge on any atom is -0.367 e. The fourth-order valence-electron chi connectivity index (χ4n) is 4.49. The summed E-state index contributed by atoms with van der Waals surface area (Å²) < 4.78 is 16.0. The van der Waals surface area contributed by atoms with Gasteiger partial charge in [-0.15, -0.1) is 0 Å². The highest BCUT2D eigenvalue weighted by molar-refractivity contribution is 6.13. The second-order valence-corrected chi connectivity index (χ2v) is 8.54. The Morgan fingerprint density at radius 3 is 2.62 bits per heavy atom. The van der Waals surface area contributed by atoms with E-state index in [-0.39, 0.29) is 11.6 Å². The van der Waals surface area contributed by atoms with Gasteiger partial charge in [-0.05, 0) is 32.9 Å². The maximum absolute atomic E-state index is 14.4. The number of benzene rings is 1. The van der Waals surface area contributed by atoms with Crippen LogP contribution in [0.3, 0.4) is 0 Å². The van der Waals surface area contributed by atoms with E-state index in [0.29, 0.717) is 40.1 Å². The number of rotatable bonds is 3. The van der Waals surface area contributed by atoms with Gasteiger partial charge in [-0.2, -0.15) is 15.0 Å². The molecule has 3 aromatic heterocycles. The van der Waals surface area contributed by atoms with Crippen molar-refractivity contribution in [3.05, 3.63) is 47.7 Å². The van der Waals surface area contributed by atoms with E-state index < -0.39 is 5.82 Å². The van der Waals surface area contributed by atoms with Crippen LogP contribution >= 0.6 is 0 Å². The molecule has 1 aromatic carbocycles. The van der Waals surface area contributed by atoms with E-state index in [4.69, 9.17) is 0 Å². The van der Waals surface area contributed by atoms with Crippen LogP contribution in [0.15, 0.2) is 30.6 Å². The number of aryl methyl sites for hydroxylation is 2. The van der Waals surface area contributed by atoms with Gasteiger partial charge in [0, 0.05) is 50.7 Å². The minimum absolute atomic E-state index is 0.223. The molecule has 2 N–H and O–H groups in total. The number of anilines is 2. The zero-order valence-corrected chi connectivity index (χ0v) is 18.4. The normalized spacial score (nSPS) is 19.1. The summed E-state index contributed by atoms with van der Waals surface area (Å²) >= 11 is 0. The van der Waals surface area contributed by atoms with Crippen LogP contribution in [0.1, 0.15) is 29.9 Å². The van der Waals surface area contributed by atoms with Gasteiger partial charge in [-0.3, -0.25) is 4.79 Å². The average Bonchev–Trinajstić information content (AvgIpc) is 3.28. The molecular formula is C22H25FN8O. The van der Waals surface area contributed by atoms with Gasteiger partial charge in [0.15, 0.2) is 11.5 Å². The van der Waals surface area contributed by atoms with Crippen molar-refractivity contribution in [1.29, 1.82) is 0 Å². The molecule has 0 saturated carbocycles. The predicted molar refractivity (Wildman–Crippen MR) is 121 cm³/mol. The molecule has 4 heterocycles. The van der Waals surface area contributed by atoms with Crippen molar-refractivity contribution >= 4 is 34.0 Å². The van der Waals surface area contributed by atoms with Gasteiger partial charge in [0.1, 0.15) is 11.0 Å². The van der Waals surface area contributed by atoms with Crippen molar-refractivity contribution < 1.29 is 9.18 Å². The van der Waals surface area contributed by atoms with Gasteiger partial charge in [-0.25, -0.2) is 9.37 Å². The van der Waals surface area contributed by atoms with Crippen LogP contribution in [0.25, 0.3) is 16.7 Å². The van der Waals surface area contributed by atoms with Crippen molar-refractivity contribution in [2.75, 3.05) is 23.3 Å². The lowest BCUT2D eigenvalue weighted by Gasteiger charge is -2.37. The highest BCUT2D eigenvalue weighted by atomic mass is 19.1. The molecule has 0 bridgehead atoms. The molecule has 10 heteroatoms. The number of carbonyl (C=O) groups excluding carboxylic acids is 1. The highest BCUT2D eigenvalue weighted by Gasteiger charge is 2.25. The van der Waals surface area contributed by atoms with Crippen LogP contribution in [0.5, 0.6) is 0 Å². The zero-order chi connectivity index (χ0) is 22.6. The number of nitrogens with zero attached hydrogens (tertiary/aromatic N) is 6. The Morgan fingerprint density at radius 1 is 1.16 bits per heavy atom. The van der Waals surface area contributed by atoms with E-state index in [9.17, 15) is 9.18 Å². The summed E-state index contributed by atoms with van der Waals surface area (Å²) in [6.07, 6.45) is 3.35. The van der Waals surface area contributed by atoms with E-state index in [2.05, 4.69) is 44.6 Å². The molecule has 0 unspecified atom stereocenters. The van der Waals surface area contributed by atoms with E-state index in [1.54, 1.807) is 36.8 Å². The van der Waals surface area contributed by atoms with Crippen LogP contribution in [-0.4, -0.2) is 55.5 Å². The summed E-state index contributed by atoms with van der Waals surface area (Å²) in [7, 11) is 1.74. The Labute approximate surface area is 184 Å². The van der Waals surface area contributed by atoms with E-state index >= 15 is 0 Å². The first kappa shape index (κ1) is 20.4. The number of carbonyl (C=O) groups is 1. The number of pyridine rings is 1. The van der Waals surface area contributed by atoms with Crippen LogP contribution < -0.4 is 15.5 Å². The van der Waals surface area contributed by atoms with Crippen LogP contribution in [0.4, 0.5) is 15.8 Å². The molecule has 166 valence electrons. The van der Waals surface area contributed by atoms with Crippen molar-refractivity contribution in [2.24, 2.45) is 7.05 Å². The van der Waals surface area contributed by atoms with Crippen molar-refractivity contribution in [1.82, 2.24) is 29.7 Å². The molecule has 5 rings (SSSR count). The number of nitrogens with one attached hydrogen (secondary N) is 2. The first-order chi connectivity index (χ1) is 15.3. The lowest BCUT2D eigenvalue weighted by Crippen LogP contribution is -2.54. The van der Waals surface area contributed by atoms with Gasteiger partial charge >= 0.3 is 0 Å². The lowest BCUT2D eigenvalue weighted by atomic mass is 10.1. The summed E-state index contributed by atoms with van der Waals surface area (Å²) in [5.41, 5.74) is 3.78. The van der Waals surface area contributed by atoms with Gasteiger partial charge in [-0.1, -0.05) is 0 Å². The first-order valence-corrected chi connectivity index (χ1v) is 10.6. The number of imidazole rings is 1. The highest BCUT2D eigenvalue weighted by Crippen LogP contribution is 2.29. The quantitative estimate of drug-likeness (QED) is 0.513. The number of halogens is 1. The third kappa shape index (κ3) is 3.56. The zero-order valence-electron chi connectivity index (χ0n) is 18.4. The molecule has 0 aliphatic carbocycles. The predicted octanol–water partition coefficient (Wildman–Crippen LogP) is 2.50. The maximum Gasteiger partial charge on any atom is 0.258 e. The number of amides is 1. The molecule has 0 radical (unpaired) electrons. The Morgan fingerprint density at radius 2 is 1.88 bits per heavy atom. The van der Waals surface area contributed by atoms with Crippen LogP contribution in [-0.2, 0) is 7.05 Å². The largest absolute Gasteiger partial charge is 0.367 e. The Bertz CT molecular complexity index is 1330. The molecule has 9 nitrogen and oxygen atoms in total. The summed E-state index contributed by atoms with van der Waals surface area (Å²) in [5, 5.41) is 15.3. The van der Waals surface area contributed by atoms with E-state index in [1.165, 1.54) is 10.9 Å². The van der Waals surface area contributed by atoms with Crippen molar-refractivity contribution in [3.8, 4) is 0 Å². The van der Waals surface area contributed by atoms with E-state index in [1.807, 2.05) is 6.07 Å². The number of aromatic nitrogens is 5. The third-order valence-corrected chi connectivity index (χ3v) is 5.65. The van der Waals surface area contributed by atoms with Gasteiger partial charge in [0.05, 0.1) is 22.6 Å². The average molecular weight is 436 g/mol. The molecule has 1 amide bonds. The molecular weight excluding hydrogens is 411 g/mol.